The minimum Gasteiger partial charge on any atom is -1.00 e. The van der Waals surface area contributed by atoms with Crippen LogP contribution in [0, 0.1) is 0 Å². The van der Waals surface area contributed by atoms with E-state index in [4.69, 9.17) is 4.74 Å². The van der Waals surface area contributed by atoms with Gasteiger partial charge >= 0.3 is 6.09 Å². The fraction of sp³-hybridized carbons (Fsp3) is 0.600. The third-order valence-corrected chi connectivity index (χ3v) is 3.84. The van der Waals surface area contributed by atoms with Gasteiger partial charge in [0.15, 0.2) is 5.75 Å². The van der Waals surface area contributed by atoms with Crippen LogP contribution < -0.4 is 21.7 Å². The maximum Gasteiger partial charge on any atom is 0.414 e. The number of carbonyl (C=O) groups is 1. The average molecular weight is 358 g/mol. The molecular weight excluding hydrogens is 334 g/mol. The number of likely N-dealkylation sites (tertiary alicyclic amines) is 1. The van der Waals surface area contributed by atoms with Gasteiger partial charge in [0.2, 0.25) is 0 Å². The lowest BCUT2D eigenvalue weighted by molar-refractivity contribution is -0.927. The molecule has 1 fully saturated rings. The van der Waals surface area contributed by atoms with Crippen LogP contribution in [0.25, 0.3) is 0 Å². The van der Waals surface area contributed by atoms with Crippen LogP contribution >= 0.6 is 0 Å². The molecule has 1 aromatic heterocycles. The number of pyridine rings is 1. The highest BCUT2D eigenvalue weighted by atomic mass is 79.9. The van der Waals surface area contributed by atoms with Crippen molar-refractivity contribution in [3.05, 3.63) is 24.0 Å². The van der Waals surface area contributed by atoms with Gasteiger partial charge in [0.05, 0.1) is 20.1 Å². The Balaban J connectivity index is 0.00000220. The average Bonchev–Trinajstić information content (AvgIpc) is 2.41. The van der Waals surface area contributed by atoms with E-state index in [0.717, 1.165) is 29.8 Å². The van der Waals surface area contributed by atoms with Crippen LogP contribution in [0.1, 0.15) is 25.0 Å². The van der Waals surface area contributed by atoms with E-state index >= 15 is 0 Å². The van der Waals surface area contributed by atoms with E-state index in [1.165, 1.54) is 24.2 Å². The first-order chi connectivity index (χ1) is 9.50. The van der Waals surface area contributed by atoms with Crippen molar-refractivity contribution in [2.75, 3.05) is 34.2 Å². The molecule has 0 unspecified atom stereocenters. The van der Waals surface area contributed by atoms with Crippen LogP contribution in [-0.4, -0.2) is 54.7 Å². The molecule has 0 radical (unpaired) electrons. The number of carbonyl (C=O) groups excluding carboxylic acids is 1. The van der Waals surface area contributed by atoms with Gasteiger partial charge in [-0.2, -0.15) is 0 Å². The number of nitrogens with zero attached hydrogens (tertiary/aromatic N) is 3. The summed E-state index contributed by atoms with van der Waals surface area (Å²) in [6, 6.07) is 3.62. The van der Waals surface area contributed by atoms with Crippen LogP contribution in [0.5, 0.6) is 5.75 Å². The molecule has 0 bridgehead atoms. The van der Waals surface area contributed by atoms with E-state index in [1.54, 1.807) is 26.4 Å². The molecule has 2 heterocycles. The first-order valence-corrected chi connectivity index (χ1v) is 7.17. The Morgan fingerprint density at radius 2 is 2.00 bits per heavy atom. The van der Waals surface area contributed by atoms with E-state index in [1.807, 2.05) is 6.07 Å². The lowest BCUT2D eigenvalue weighted by Gasteiger charge is -2.37. The van der Waals surface area contributed by atoms with E-state index < -0.39 is 0 Å². The largest absolute Gasteiger partial charge is 1.00 e. The van der Waals surface area contributed by atoms with E-state index in [0.29, 0.717) is 5.75 Å². The molecule has 21 heavy (non-hydrogen) atoms. The second kappa shape index (κ2) is 7.75. The van der Waals surface area contributed by atoms with Gasteiger partial charge in [-0.3, -0.25) is 4.98 Å². The normalized spacial score (nSPS) is 16.7. The molecule has 0 aromatic carbocycles. The Bertz CT molecular complexity index is 474. The zero-order chi connectivity index (χ0) is 14.6. The molecule has 118 valence electrons. The van der Waals surface area contributed by atoms with Crippen molar-refractivity contribution in [1.82, 2.24) is 9.88 Å². The van der Waals surface area contributed by atoms with Crippen LogP contribution in [0.3, 0.4) is 0 Å². The Hall–Kier alpha value is -1.14. The monoisotopic (exact) mass is 357 g/mol. The summed E-state index contributed by atoms with van der Waals surface area (Å²) in [6.45, 7) is 3.15. The molecular formula is C15H24BrN3O2. The number of hydrogen-bond donors (Lipinski definition) is 0. The maximum atomic E-state index is 11.7. The maximum absolute atomic E-state index is 11.7. The van der Waals surface area contributed by atoms with Gasteiger partial charge in [0.25, 0.3) is 0 Å². The Morgan fingerprint density at radius 1 is 1.33 bits per heavy atom. The van der Waals surface area contributed by atoms with Gasteiger partial charge < -0.3 is 31.1 Å². The molecule has 0 atom stereocenters. The van der Waals surface area contributed by atoms with Crippen molar-refractivity contribution in [2.24, 2.45) is 0 Å². The molecule has 1 aliphatic rings. The molecule has 5 nitrogen and oxygen atoms in total. The molecule has 1 aliphatic heterocycles. The van der Waals surface area contributed by atoms with Crippen molar-refractivity contribution in [2.45, 2.75) is 25.8 Å². The number of piperidine rings is 1. The number of ether oxygens (including phenoxy) is 1. The molecule has 0 N–H and O–H groups in total. The van der Waals surface area contributed by atoms with Crippen LogP contribution in [0.2, 0.25) is 0 Å². The standard InChI is InChI=1S/C15H24N3O2.BrH/c1-17(2)15(19)20-14-8-7-9-16-13(14)12-18(3)10-5-4-6-11-18;/h7-9H,4-6,10-12H2,1-3H3;1H/q+1;/p-1. The first kappa shape index (κ1) is 17.9. The third kappa shape index (κ3) is 4.97. The van der Waals surface area contributed by atoms with E-state index in [2.05, 4.69) is 12.0 Å². The summed E-state index contributed by atoms with van der Waals surface area (Å²) in [5.74, 6) is 0.580. The lowest BCUT2D eigenvalue weighted by Crippen LogP contribution is -3.00. The van der Waals surface area contributed by atoms with Gasteiger partial charge in [0.1, 0.15) is 12.2 Å². The fourth-order valence-corrected chi connectivity index (χ4v) is 2.62. The van der Waals surface area contributed by atoms with Gasteiger partial charge in [-0.25, -0.2) is 4.79 Å². The van der Waals surface area contributed by atoms with Crippen LogP contribution in [0.4, 0.5) is 4.79 Å². The summed E-state index contributed by atoms with van der Waals surface area (Å²) in [7, 11) is 5.61. The summed E-state index contributed by atoms with van der Waals surface area (Å²) in [6.07, 6.45) is 5.24. The number of amides is 1. The predicted octanol–water partition coefficient (Wildman–Crippen LogP) is -0.723. The van der Waals surface area contributed by atoms with Crippen molar-refractivity contribution in [3.8, 4) is 5.75 Å². The van der Waals surface area contributed by atoms with Crippen molar-refractivity contribution in [1.29, 1.82) is 0 Å². The van der Waals surface area contributed by atoms with Crippen molar-refractivity contribution in [3.63, 3.8) is 0 Å². The summed E-state index contributed by atoms with van der Waals surface area (Å²) in [5.41, 5.74) is 0.868. The molecule has 0 spiro atoms. The minimum absolute atomic E-state index is 0. The summed E-state index contributed by atoms with van der Waals surface area (Å²) < 4.78 is 6.38. The second-order valence-electron chi connectivity index (χ2n) is 6.00. The van der Waals surface area contributed by atoms with Gasteiger partial charge in [-0.1, -0.05) is 0 Å². The fourth-order valence-electron chi connectivity index (χ4n) is 2.62. The summed E-state index contributed by atoms with van der Waals surface area (Å²) >= 11 is 0. The minimum atomic E-state index is -0.361. The van der Waals surface area contributed by atoms with Gasteiger partial charge in [0, 0.05) is 20.3 Å². The highest BCUT2D eigenvalue weighted by molar-refractivity contribution is 5.70. The van der Waals surface area contributed by atoms with E-state index in [-0.39, 0.29) is 23.1 Å². The number of rotatable bonds is 3. The molecule has 0 aliphatic carbocycles. The van der Waals surface area contributed by atoms with E-state index in [9.17, 15) is 4.79 Å². The predicted molar refractivity (Wildman–Crippen MR) is 77.4 cm³/mol. The molecule has 1 aromatic rings. The van der Waals surface area contributed by atoms with Gasteiger partial charge in [-0.05, 0) is 31.4 Å². The Labute approximate surface area is 137 Å². The van der Waals surface area contributed by atoms with Crippen molar-refractivity contribution < 1.29 is 31.0 Å². The number of halogens is 1. The Kier molecular flexibility index (Phi) is 6.61. The molecule has 0 saturated carbocycles. The topological polar surface area (TPSA) is 42.4 Å². The Morgan fingerprint density at radius 3 is 2.62 bits per heavy atom. The highest BCUT2D eigenvalue weighted by Gasteiger charge is 2.27. The molecule has 6 heteroatoms. The molecule has 1 amide bonds. The van der Waals surface area contributed by atoms with Crippen LogP contribution in [-0.2, 0) is 6.54 Å². The zero-order valence-electron chi connectivity index (χ0n) is 13.0. The summed E-state index contributed by atoms with van der Waals surface area (Å²) in [4.78, 5) is 17.6. The third-order valence-electron chi connectivity index (χ3n) is 3.84. The second-order valence-corrected chi connectivity index (χ2v) is 6.00. The van der Waals surface area contributed by atoms with Gasteiger partial charge in [-0.15, -0.1) is 0 Å². The van der Waals surface area contributed by atoms with Crippen LogP contribution in [0.15, 0.2) is 18.3 Å². The molecule has 1 saturated heterocycles. The zero-order valence-corrected chi connectivity index (χ0v) is 14.6. The number of aromatic nitrogens is 1. The smallest absolute Gasteiger partial charge is 0.414 e. The lowest BCUT2D eigenvalue weighted by atomic mass is 10.1. The van der Waals surface area contributed by atoms with Crippen molar-refractivity contribution >= 4 is 6.09 Å². The molecule has 2 rings (SSSR count). The number of hydrogen-bond acceptors (Lipinski definition) is 3. The quantitative estimate of drug-likeness (QED) is 0.670. The highest BCUT2D eigenvalue weighted by Crippen LogP contribution is 2.24. The SMILES string of the molecule is CN(C)C(=O)Oc1cccnc1C[N+]1(C)CCCCC1.[Br-]. The summed E-state index contributed by atoms with van der Waals surface area (Å²) in [5, 5.41) is 0. The first-order valence-electron chi connectivity index (χ1n) is 7.17. The number of quaternary nitrogens is 1.